The van der Waals surface area contributed by atoms with E-state index in [-0.39, 0.29) is 32.2 Å². The van der Waals surface area contributed by atoms with Crippen LogP contribution in [0.3, 0.4) is 0 Å². The monoisotopic (exact) mass is 573 g/mol. The van der Waals surface area contributed by atoms with E-state index in [1.54, 1.807) is 32.9 Å². The summed E-state index contributed by atoms with van der Waals surface area (Å²) in [6.07, 6.45) is -1.59. The molecule has 0 radical (unpaired) electrons. The fourth-order valence-corrected chi connectivity index (χ4v) is 4.55. The first kappa shape index (κ1) is 30.1. The lowest BCUT2D eigenvalue weighted by atomic mass is 9.98. The van der Waals surface area contributed by atoms with Crippen molar-refractivity contribution in [2.75, 3.05) is 19.7 Å². The number of fused-ring (bicyclic) bond motifs is 3. The van der Waals surface area contributed by atoms with E-state index in [0.29, 0.717) is 0 Å². The smallest absolute Gasteiger partial charge is 0.408 e. The summed E-state index contributed by atoms with van der Waals surface area (Å²) in [7, 11) is 0. The number of carbonyl (C=O) groups is 4. The lowest BCUT2D eigenvalue weighted by Crippen LogP contribution is -2.50. The number of esters is 1. The Hall–Kier alpha value is -4.86. The molecule has 0 heterocycles. The molecular formula is C32H35N3O7. The van der Waals surface area contributed by atoms with Gasteiger partial charge in [0.15, 0.2) is 0 Å². The Labute approximate surface area is 244 Å². The number of carbonyl (C=O) groups excluding carboxylic acids is 4. The summed E-state index contributed by atoms with van der Waals surface area (Å²) in [5, 5.41) is 7.39. The molecule has 3 aromatic rings. The van der Waals surface area contributed by atoms with Crippen molar-refractivity contribution in [2.45, 2.75) is 44.9 Å². The van der Waals surface area contributed by atoms with Crippen molar-refractivity contribution >= 4 is 24.1 Å². The number of nitrogens with one attached hydrogen (secondary N) is 3. The van der Waals surface area contributed by atoms with E-state index in [2.05, 4.69) is 16.0 Å². The fraction of sp³-hybridized carbons (Fsp3) is 0.312. The van der Waals surface area contributed by atoms with Gasteiger partial charge in [0.05, 0.1) is 6.54 Å². The Morgan fingerprint density at radius 2 is 1.36 bits per heavy atom. The molecule has 42 heavy (non-hydrogen) atoms. The van der Waals surface area contributed by atoms with Crippen LogP contribution >= 0.6 is 0 Å². The van der Waals surface area contributed by atoms with Crippen molar-refractivity contribution in [1.82, 2.24) is 16.0 Å². The minimum Gasteiger partial charge on any atom is -0.459 e. The molecule has 3 amide bonds. The molecule has 0 spiro atoms. The van der Waals surface area contributed by atoms with Crippen molar-refractivity contribution in [3.05, 3.63) is 95.6 Å². The standard InChI is InChI=1S/C32H35N3O7/c1-32(2,3)42-30(38)34-18-28(36)33-17-27(29(37)40-19-21-11-5-4-6-12-21)35-31(39)41-20-26-24-15-9-7-13-22(24)23-14-8-10-16-25(23)26/h4-16,26-27H,17-20H2,1-3H3,(H,33,36)(H,34,38)(H,35,39)/t27-/m0/s1. The lowest BCUT2D eigenvalue weighted by molar-refractivity contribution is -0.147. The van der Waals surface area contributed by atoms with Gasteiger partial charge in [-0.25, -0.2) is 14.4 Å². The predicted octanol–water partition coefficient (Wildman–Crippen LogP) is 4.28. The highest BCUT2D eigenvalue weighted by molar-refractivity contribution is 5.85. The van der Waals surface area contributed by atoms with E-state index in [1.165, 1.54) is 0 Å². The molecule has 4 rings (SSSR count). The van der Waals surface area contributed by atoms with Gasteiger partial charge < -0.3 is 30.2 Å². The molecule has 220 valence electrons. The van der Waals surface area contributed by atoms with Gasteiger partial charge in [0.2, 0.25) is 5.91 Å². The van der Waals surface area contributed by atoms with Crippen LogP contribution in [0.25, 0.3) is 11.1 Å². The Bertz CT molecular complexity index is 1370. The molecule has 3 N–H and O–H groups in total. The number of amides is 3. The zero-order valence-electron chi connectivity index (χ0n) is 23.8. The van der Waals surface area contributed by atoms with Gasteiger partial charge in [0.25, 0.3) is 0 Å². The Balaban J connectivity index is 1.36. The van der Waals surface area contributed by atoms with E-state index >= 15 is 0 Å². The number of hydrogen-bond donors (Lipinski definition) is 3. The number of hydrogen-bond acceptors (Lipinski definition) is 7. The summed E-state index contributed by atoms with van der Waals surface area (Å²) in [6.45, 7) is 4.47. The van der Waals surface area contributed by atoms with Crippen molar-refractivity contribution in [3.8, 4) is 11.1 Å². The van der Waals surface area contributed by atoms with E-state index in [9.17, 15) is 19.2 Å². The average molecular weight is 574 g/mol. The van der Waals surface area contributed by atoms with Gasteiger partial charge in [-0.3, -0.25) is 4.79 Å². The van der Waals surface area contributed by atoms with Gasteiger partial charge in [-0.05, 0) is 48.6 Å². The molecule has 0 unspecified atom stereocenters. The third-order valence-electron chi connectivity index (χ3n) is 6.44. The second-order valence-electron chi connectivity index (χ2n) is 10.8. The van der Waals surface area contributed by atoms with Gasteiger partial charge in [-0.15, -0.1) is 0 Å². The molecule has 0 bridgehead atoms. The minimum absolute atomic E-state index is 0.0172. The van der Waals surface area contributed by atoms with Crippen LogP contribution in [0.5, 0.6) is 0 Å². The molecule has 1 aliphatic carbocycles. The molecule has 0 saturated heterocycles. The number of rotatable bonds is 10. The summed E-state index contributed by atoms with van der Waals surface area (Å²) < 4.78 is 16.1. The molecule has 3 aromatic carbocycles. The molecule has 1 atom stereocenters. The first-order chi connectivity index (χ1) is 20.1. The van der Waals surface area contributed by atoms with Gasteiger partial charge in [-0.2, -0.15) is 0 Å². The number of alkyl carbamates (subject to hydrolysis) is 2. The van der Waals surface area contributed by atoms with Crippen LogP contribution in [0, 0.1) is 0 Å². The topological polar surface area (TPSA) is 132 Å². The van der Waals surface area contributed by atoms with Crippen LogP contribution in [0.4, 0.5) is 9.59 Å². The lowest BCUT2D eigenvalue weighted by Gasteiger charge is -2.20. The maximum absolute atomic E-state index is 12.9. The zero-order chi connectivity index (χ0) is 30.1. The van der Waals surface area contributed by atoms with Crippen LogP contribution in [-0.2, 0) is 30.4 Å². The number of benzene rings is 3. The van der Waals surface area contributed by atoms with E-state index < -0.39 is 35.7 Å². The quantitative estimate of drug-likeness (QED) is 0.244. The van der Waals surface area contributed by atoms with Gasteiger partial charge >= 0.3 is 18.2 Å². The average Bonchev–Trinajstić information content (AvgIpc) is 3.29. The predicted molar refractivity (Wildman–Crippen MR) is 155 cm³/mol. The second kappa shape index (κ2) is 13.7. The summed E-state index contributed by atoms with van der Waals surface area (Å²) in [5.74, 6) is -1.51. The van der Waals surface area contributed by atoms with Gasteiger partial charge in [0, 0.05) is 12.5 Å². The van der Waals surface area contributed by atoms with Crippen LogP contribution in [0.1, 0.15) is 43.4 Å². The second-order valence-corrected chi connectivity index (χ2v) is 10.8. The Morgan fingerprint density at radius 1 is 0.762 bits per heavy atom. The van der Waals surface area contributed by atoms with Crippen molar-refractivity contribution in [1.29, 1.82) is 0 Å². The van der Waals surface area contributed by atoms with Crippen molar-refractivity contribution < 1.29 is 33.4 Å². The molecule has 0 aliphatic heterocycles. The van der Waals surface area contributed by atoms with Crippen molar-refractivity contribution in [2.24, 2.45) is 0 Å². The molecule has 0 aromatic heterocycles. The molecule has 10 nitrogen and oxygen atoms in total. The first-order valence-corrected chi connectivity index (χ1v) is 13.7. The summed E-state index contributed by atoms with van der Waals surface area (Å²) in [4.78, 5) is 50.0. The van der Waals surface area contributed by atoms with Crippen LogP contribution < -0.4 is 16.0 Å². The highest BCUT2D eigenvalue weighted by Gasteiger charge is 2.30. The summed E-state index contributed by atoms with van der Waals surface area (Å²) >= 11 is 0. The minimum atomic E-state index is -1.24. The largest absolute Gasteiger partial charge is 0.459 e. The molecule has 10 heteroatoms. The third kappa shape index (κ3) is 8.33. The highest BCUT2D eigenvalue weighted by Crippen LogP contribution is 2.44. The van der Waals surface area contributed by atoms with Crippen molar-refractivity contribution in [3.63, 3.8) is 0 Å². The van der Waals surface area contributed by atoms with E-state index in [4.69, 9.17) is 14.2 Å². The Kier molecular flexibility index (Phi) is 9.80. The maximum Gasteiger partial charge on any atom is 0.408 e. The van der Waals surface area contributed by atoms with Crippen LogP contribution in [0.2, 0.25) is 0 Å². The summed E-state index contributed by atoms with van der Waals surface area (Å²) in [5.41, 5.74) is 4.32. The molecule has 0 saturated carbocycles. The van der Waals surface area contributed by atoms with E-state index in [1.807, 2.05) is 66.7 Å². The van der Waals surface area contributed by atoms with Gasteiger partial charge in [0.1, 0.15) is 24.9 Å². The van der Waals surface area contributed by atoms with Crippen LogP contribution in [-0.4, -0.2) is 55.4 Å². The molecule has 0 fully saturated rings. The van der Waals surface area contributed by atoms with E-state index in [0.717, 1.165) is 27.8 Å². The highest BCUT2D eigenvalue weighted by atomic mass is 16.6. The molecule has 1 aliphatic rings. The normalized spacial score (nSPS) is 12.7. The Morgan fingerprint density at radius 3 is 1.98 bits per heavy atom. The first-order valence-electron chi connectivity index (χ1n) is 13.7. The zero-order valence-corrected chi connectivity index (χ0v) is 23.8. The third-order valence-corrected chi connectivity index (χ3v) is 6.44. The summed E-state index contributed by atoms with van der Waals surface area (Å²) in [6, 6.07) is 23.7. The number of ether oxygens (including phenoxy) is 3. The SMILES string of the molecule is CC(C)(C)OC(=O)NCC(=O)NC[C@H](NC(=O)OCC1c2ccccc2-c2ccccc21)C(=O)OCc1ccccc1. The van der Waals surface area contributed by atoms with Gasteiger partial charge in [-0.1, -0.05) is 78.9 Å². The molecular weight excluding hydrogens is 538 g/mol. The maximum atomic E-state index is 12.9. The van der Waals surface area contributed by atoms with Crippen LogP contribution in [0.15, 0.2) is 78.9 Å². The fourth-order valence-electron chi connectivity index (χ4n) is 4.55.